The number of aliphatic carboxylic acids is 1. The van der Waals surface area contributed by atoms with E-state index < -0.39 is 17.9 Å². The molecule has 0 aliphatic heterocycles. The first-order valence-electron chi connectivity index (χ1n) is 8.05. The smallest absolute Gasteiger partial charge is 0.330 e. The predicted molar refractivity (Wildman–Crippen MR) is 94.4 cm³/mol. The Labute approximate surface area is 146 Å². The molecule has 0 spiro atoms. The van der Waals surface area contributed by atoms with Gasteiger partial charge in [0.1, 0.15) is 0 Å². The largest absolute Gasteiger partial charge is 0.479 e. The van der Waals surface area contributed by atoms with Gasteiger partial charge in [0.2, 0.25) is 5.91 Å². The van der Waals surface area contributed by atoms with Crippen LogP contribution in [-0.2, 0) is 9.59 Å². The molecule has 0 saturated carbocycles. The molecule has 5 nitrogen and oxygen atoms in total. The van der Waals surface area contributed by atoms with Crippen LogP contribution >= 0.6 is 0 Å². The highest BCUT2D eigenvalue weighted by Crippen LogP contribution is 2.18. The van der Waals surface area contributed by atoms with Crippen LogP contribution in [0.5, 0.6) is 0 Å². The zero-order chi connectivity index (χ0) is 18.4. The number of benzene rings is 2. The summed E-state index contributed by atoms with van der Waals surface area (Å²) in [7, 11) is 0. The average Bonchev–Trinajstić information content (AvgIpc) is 2.57. The fourth-order valence-electron chi connectivity index (χ4n) is 2.69. The molecule has 2 aromatic rings. The van der Waals surface area contributed by atoms with Gasteiger partial charge in [0, 0.05) is 18.4 Å². The summed E-state index contributed by atoms with van der Waals surface area (Å²) in [6.07, 6.45) is -0.0165. The van der Waals surface area contributed by atoms with Gasteiger partial charge in [0.05, 0.1) is 0 Å². The predicted octanol–water partition coefficient (Wildman–Crippen LogP) is 3.21. The fourth-order valence-corrected chi connectivity index (χ4v) is 2.69. The maximum Gasteiger partial charge on any atom is 0.330 e. The van der Waals surface area contributed by atoms with E-state index in [0.29, 0.717) is 11.1 Å². The van der Waals surface area contributed by atoms with E-state index in [9.17, 15) is 19.5 Å². The van der Waals surface area contributed by atoms with E-state index in [2.05, 4.69) is 5.32 Å². The minimum Gasteiger partial charge on any atom is -0.479 e. The molecule has 0 saturated heterocycles. The van der Waals surface area contributed by atoms with Crippen molar-refractivity contribution in [3.63, 3.8) is 0 Å². The topological polar surface area (TPSA) is 83.5 Å². The lowest BCUT2D eigenvalue weighted by molar-refractivity contribution is -0.142. The molecule has 0 fully saturated rings. The summed E-state index contributed by atoms with van der Waals surface area (Å²) < 4.78 is 0. The van der Waals surface area contributed by atoms with E-state index in [0.717, 1.165) is 11.1 Å². The Bertz CT molecular complexity index is 763. The van der Waals surface area contributed by atoms with Crippen LogP contribution in [0.2, 0.25) is 0 Å². The lowest BCUT2D eigenvalue weighted by Gasteiger charge is -2.16. The Hall–Kier alpha value is -2.95. The van der Waals surface area contributed by atoms with Crippen LogP contribution in [0.3, 0.4) is 0 Å². The highest BCUT2D eigenvalue weighted by Gasteiger charge is 2.22. The summed E-state index contributed by atoms with van der Waals surface area (Å²) in [5.74, 6) is -1.74. The van der Waals surface area contributed by atoms with Crippen molar-refractivity contribution in [2.45, 2.75) is 32.7 Å². The third-order valence-corrected chi connectivity index (χ3v) is 3.80. The van der Waals surface area contributed by atoms with Gasteiger partial charge < -0.3 is 10.4 Å². The molecule has 25 heavy (non-hydrogen) atoms. The Kier molecular flexibility index (Phi) is 6.06. The van der Waals surface area contributed by atoms with Gasteiger partial charge >= 0.3 is 5.97 Å². The molecule has 2 N–H and O–H groups in total. The SMILES string of the molecule is Cc1cc(C)cc(C(NC(=O)CCC(=O)c2ccccc2)C(=O)O)c1. The number of carboxylic acid groups (broad SMARTS) is 1. The van der Waals surface area contributed by atoms with E-state index in [4.69, 9.17) is 0 Å². The number of Topliss-reactive ketones (excluding diaryl/α,β-unsaturated/α-hetero) is 1. The molecule has 1 unspecified atom stereocenters. The molecule has 0 aliphatic carbocycles. The van der Waals surface area contributed by atoms with Crippen molar-refractivity contribution in [1.29, 1.82) is 0 Å². The Balaban J connectivity index is 2.01. The number of ketones is 1. The molecule has 2 aromatic carbocycles. The van der Waals surface area contributed by atoms with E-state index in [1.54, 1.807) is 36.4 Å². The van der Waals surface area contributed by atoms with Gasteiger partial charge in [0.25, 0.3) is 0 Å². The highest BCUT2D eigenvalue weighted by atomic mass is 16.4. The Morgan fingerprint density at radius 2 is 1.56 bits per heavy atom. The Morgan fingerprint density at radius 1 is 0.960 bits per heavy atom. The van der Waals surface area contributed by atoms with Gasteiger partial charge in [-0.05, 0) is 19.4 Å². The lowest BCUT2D eigenvalue weighted by Crippen LogP contribution is -2.34. The zero-order valence-electron chi connectivity index (χ0n) is 14.3. The highest BCUT2D eigenvalue weighted by molar-refractivity contribution is 5.98. The van der Waals surface area contributed by atoms with Gasteiger partial charge in [-0.3, -0.25) is 9.59 Å². The molecule has 5 heteroatoms. The first kappa shape index (κ1) is 18.4. The average molecular weight is 339 g/mol. The summed E-state index contributed by atoms with van der Waals surface area (Å²) >= 11 is 0. The molecule has 0 aliphatic rings. The molecule has 0 bridgehead atoms. The second-order valence-corrected chi connectivity index (χ2v) is 6.05. The normalized spacial score (nSPS) is 11.6. The molecular formula is C20H21NO4. The van der Waals surface area contributed by atoms with Gasteiger partial charge in [-0.25, -0.2) is 4.79 Å². The molecule has 0 radical (unpaired) electrons. The van der Waals surface area contributed by atoms with E-state index in [1.165, 1.54) is 0 Å². The van der Waals surface area contributed by atoms with Crippen LogP contribution < -0.4 is 5.32 Å². The molecule has 0 heterocycles. The molecule has 0 aromatic heterocycles. The number of rotatable bonds is 7. The van der Waals surface area contributed by atoms with Gasteiger partial charge in [-0.15, -0.1) is 0 Å². The van der Waals surface area contributed by atoms with Crippen LogP contribution in [0.25, 0.3) is 0 Å². The van der Waals surface area contributed by atoms with Crippen molar-refractivity contribution in [1.82, 2.24) is 5.32 Å². The van der Waals surface area contributed by atoms with Crippen LogP contribution in [0, 0.1) is 13.8 Å². The summed E-state index contributed by atoms with van der Waals surface area (Å²) in [6.45, 7) is 3.74. The molecule has 1 atom stereocenters. The molecular weight excluding hydrogens is 318 g/mol. The number of aryl methyl sites for hydroxylation is 2. The fraction of sp³-hybridized carbons (Fsp3) is 0.250. The van der Waals surface area contributed by atoms with Crippen LogP contribution in [-0.4, -0.2) is 22.8 Å². The van der Waals surface area contributed by atoms with Crippen molar-refractivity contribution in [2.75, 3.05) is 0 Å². The third kappa shape index (κ3) is 5.28. The van der Waals surface area contributed by atoms with Crippen molar-refractivity contribution in [2.24, 2.45) is 0 Å². The Morgan fingerprint density at radius 3 is 2.12 bits per heavy atom. The molecule has 2 rings (SSSR count). The summed E-state index contributed by atoms with van der Waals surface area (Å²) in [4.78, 5) is 35.7. The van der Waals surface area contributed by atoms with Crippen molar-refractivity contribution in [3.8, 4) is 0 Å². The van der Waals surface area contributed by atoms with E-state index >= 15 is 0 Å². The van der Waals surface area contributed by atoms with Crippen LogP contribution in [0.4, 0.5) is 0 Å². The van der Waals surface area contributed by atoms with Gasteiger partial charge in [-0.2, -0.15) is 0 Å². The minimum atomic E-state index is -1.13. The first-order valence-corrected chi connectivity index (χ1v) is 8.05. The first-order chi connectivity index (χ1) is 11.9. The van der Waals surface area contributed by atoms with Crippen molar-refractivity contribution >= 4 is 17.7 Å². The van der Waals surface area contributed by atoms with E-state index in [-0.39, 0.29) is 18.6 Å². The van der Waals surface area contributed by atoms with Crippen LogP contribution in [0.15, 0.2) is 48.5 Å². The summed E-state index contributed by atoms with van der Waals surface area (Å²) in [6, 6.07) is 13.0. The number of carbonyl (C=O) groups excluding carboxylic acids is 2. The van der Waals surface area contributed by atoms with Gasteiger partial charge in [0.15, 0.2) is 11.8 Å². The zero-order valence-corrected chi connectivity index (χ0v) is 14.3. The summed E-state index contributed by atoms with van der Waals surface area (Å²) in [5.41, 5.74) is 2.91. The number of nitrogens with one attached hydrogen (secondary N) is 1. The summed E-state index contributed by atoms with van der Waals surface area (Å²) in [5, 5.41) is 11.9. The third-order valence-electron chi connectivity index (χ3n) is 3.80. The second-order valence-electron chi connectivity index (χ2n) is 6.05. The number of carboxylic acids is 1. The molecule has 1 amide bonds. The number of amides is 1. The van der Waals surface area contributed by atoms with Gasteiger partial charge in [-0.1, -0.05) is 59.7 Å². The quantitative estimate of drug-likeness (QED) is 0.759. The lowest BCUT2D eigenvalue weighted by atomic mass is 10.0. The number of hydrogen-bond acceptors (Lipinski definition) is 3. The standard InChI is InChI=1S/C20H21NO4/c1-13-10-14(2)12-16(11-13)19(20(24)25)21-18(23)9-8-17(22)15-6-4-3-5-7-15/h3-7,10-12,19H,8-9H2,1-2H3,(H,21,23)(H,24,25). The van der Waals surface area contributed by atoms with Crippen LogP contribution in [0.1, 0.15) is 45.9 Å². The monoisotopic (exact) mass is 339 g/mol. The van der Waals surface area contributed by atoms with E-state index in [1.807, 2.05) is 26.0 Å². The molecule has 130 valence electrons. The van der Waals surface area contributed by atoms with Crippen molar-refractivity contribution in [3.05, 3.63) is 70.8 Å². The van der Waals surface area contributed by atoms with Crippen molar-refractivity contribution < 1.29 is 19.5 Å². The number of carbonyl (C=O) groups is 3. The minimum absolute atomic E-state index is 0.0367. The second kappa shape index (κ2) is 8.24. The maximum absolute atomic E-state index is 12.1. The number of hydrogen-bond donors (Lipinski definition) is 2. The maximum atomic E-state index is 12.1.